The maximum absolute atomic E-state index is 10.4. The quantitative estimate of drug-likeness (QED) is 0.300. The third-order valence-corrected chi connectivity index (χ3v) is 2.87. The van der Waals surface area contributed by atoms with Crippen molar-refractivity contribution in [2.45, 2.75) is 37.1 Å². The Morgan fingerprint density at radius 1 is 1.06 bits per heavy atom. The van der Waals surface area contributed by atoms with Crippen LogP contribution in [0.3, 0.4) is 0 Å². The van der Waals surface area contributed by atoms with Crippen LogP contribution in [0.4, 0.5) is 0 Å². The molecule has 0 aliphatic carbocycles. The molecule has 1 aliphatic rings. The van der Waals surface area contributed by atoms with Crippen molar-refractivity contribution in [1.29, 1.82) is 0 Å². The Labute approximate surface area is 96.5 Å². The Morgan fingerprint density at radius 3 is 2.18 bits per heavy atom. The predicted octanol–water partition coefficient (Wildman–Crippen LogP) is -2.71. The van der Waals surface area contributed by atoms with Crippen LogP contribution in [0.1, 0.15) is 6.42 Å². The molecule has 0 radical (unpaired) electrons. The third kappa shape index (κ3) is 4.25. The summed E-state index contributed by atoms with van der Waals surface area (Å²) in [5.41, 5.74) is 0. The highest BCUT2D eigenvalue weighted by atomic mass is 31.2. The van der Waals surface area contributed by atoms with E-state index in [1.165, 1.54) is 0 Å². The van der Waals surface area contributed by atoms with Crippen LogP contribution < -0.4 is 0 Å². The fourth-order valence-corrected chi connectivity index (χ4v) is 1.80. The van der Waals surface area contributed by atoms with Crippen LogP contribution in [-0.2, 0) is 13.8 Å². The van der Waals surface area contributed by atoms with Crippen LogP contribution in [0.2, 0.25) is 0 Å². The molecule has 9 nitrogen and oxygen atoms in total. The molecule has 102 valence electrons. The minimum absolute atomic E-state index is 0.160. The van der Waals surface area contributed by atoms with Crippen molar-refractivity contribution in [3.05, 3.63) is 0 Å². The molecule has 5 atom stereocenters. The van der Waals surface area contributed by atoms with Gasteiger partial charge in [0.25, 0.3) is 0 Å². The highest BCUT2D eigenvalue weighted by Gasteiger charge is 2.42. The normalized spacial score (nSPS) is 39.3. The van der Waals surface area contributed by atoms with E-state index < -0.39 is 45.1 Å². The van der Waals surface area contributed by atoms with Crippen molar-refractivity contribution in [3.8, 4) is 0 Å². The molecule has 6 N–H and O–H groups in total. The fraction of sp³-hybridized carbons (Fsp3) is 1.00. The number of aliphatic hydroxyl groups excluding tert-OH is 4. The zero-order chi connectivity index (χ0) is 13.2. The molecule has 1 aliphatic heterocycles. The summed E-state index contributed by atoms with van der Waals surface area (Å²) in [4.78, 5) is 16.8. The molecule has 0 saturated carbocycles. The second kappa shape index (κ2) is 5.70. The van der Waals surface area contributed by atoms with Gasteiger partial charge in [0.1, 0.15) is 18.3 Å². The second-order valence-electron chi connectivity index (χ2n) is 3.65. The minimum atomic E-state index is -4.61. The van der Waals surface area contributed by atoms with Gasteiger partial charge in [0.2, 0.25) is 0 Å². The van der Waals surface area contributed by atoms with Gasteiger partial charge in [-0.2, -0.15) is 0 Å². The molecule has 1 unspecified atom stereocenters. The van der Waals surface area contributed by atoms with Crippen LogP contribution in [0.25, 0.3) is 0 Å². The molecule has 1 fully saturated rings. The topological polar surface area (TPSA) is 157 Å². The fourth-order valence-electron chi connectivity index (χ4n) is 1.46. The van der Waals surface area contributed by atoms with Gasteiger partial charge < -0.3 is 34.9 Å². The zero-order valence-corrected chi connectivity index (χ0v) is 9.55. The average Bonchev–Trinajstić information content (AvgIpc) is 2.21. The van der Waals surface area contributed by atoms with Gasteiger partial charge in [-0.05, 0) is 0 Å². The van der Waals surface area contributed by atoms with E-state index in [1.54, 1.807) is 0 Å². The van der Waals surface area contributed by atoms with Crippen molar-refractivity contribution in [3.63, 3.8) is 0 Å². The summed E-state index contributed by atoms with van der Waals surface area (Å²) >= 11 is 0. The van der Waals surface area contributed by atoms with Gasteiger partial charge in [-0.1, -0.05) is 0 Å². The van der Waals surface area contributed by atoms with E-state index in [1.807, 2.05) is 0 Å². The van der Waals surface area contributed by atoms with E-state index in [0.717, 1.165) is 0 Å². The lowest BCUT2D eigenvalue weighted by atomic mass is 9.97. The molecule has 0 aromatic carbocycles. The molecule has 0 bridgehead atoms. The summed E-state index contributed by atoms with van der Waals surface area (Å²) in [6.45, 7) is -0.429. The number of hydrogen-bond donors (Lipinski definition) is 6. The van der Waals surface area contributed by atoms with E-state index in [-0.39, 0.29) is 6.42 Å². The van der Waals surface area contributed by atoms with Crippen molar-refractivity contribution >= 4 is 7.82 Å². The molecule has 1 heterocycles. The van der Waals surface area contributed by atoms with E-state index in [2.05, 4.69) is 4.52 Å². The van der Waals surface area contributed by atoms with Crippen LogP contribution in [0.15, 0.2) is 0 Å². The van der Waals surface area contributed by atoms with Crippen LogP contribution in [0.5, 0.6) is 0 Å². The average molecular weight is 274 g/mol. The van der Waals surface area contributed by atoms with Gasteiger partial charge in [0.15, 0.2) is 6.29 Å². The predicted molar refractivity (Wildman–Crippen MR) is 51.5 cm³/mol. The monoisotopic (exact) mass is 274 g/mol. The lowest BCUT2D eigenvalue weighted by molar-refractivity contribution is -0.283. The highest BCUT2D eigenvalue weighted by Crippen LogP contribution is 2.36. The summed E-state index contributed by atoms with van der Waals surface area (Å²) < 4.78 is 19.3. The molecule has 1 rings (SSSR count). The number of hydrogen-bond acceptors (Lipinski definition) is 7. The van der Waals surface area contributed by atoms with Crippen LogP contribution >= 0.6 is 7.82 Å². The molecular weight excluding hydrogens is 259 g/mol. The van der Waals surface area contributed by atoms with Crippen LogP contribution in [-0.4, -0.2) is 67.5 Å². The molecule has 0 spiro atoms. The van der Waals surface area contributed by atoms with Gasteiger partial charge in [-0.25, -0.2) is 4.57 Å². The Bertz CT molecular complexity index is 291. The molecule has 1 saturated heterocycles. The molecular formula is C7H15O9P. The summed E-state index contributed by atoms with van der Waals surface area (Å²) in [5.74, 6) is 0. The van der Waals surface area contributed by atoms with Gasteiger partial charge in [-0.15, -0.1) is 0 Å². The summed E-state index contributed by atoms with van der Waals surface area (Å²) in [6, 6.07) is 0. The van der Waals surface area contributed by atoms with Gasteiger partial charge in [0.05, 0.1) is 12.7 Å². The van der Waals surface area contributed by atoms with E-state index >= 15 is 0 Å². The van der Waals surface area contributed by atoms with E-state index in [9.17, 15) is 14.8 Å². The SMILES string of the molecule is O=P(O)(O)OCC[C@H]1OC(O)[C@H](O)[C@@H](O)[C@@H]1O. The maximum atomic E-state index is 10.4. The third-order valence-electron chi connectivity index (χ3n) is 2.35. The summed E-state index contributed by atoms with van der Waals surface area (Å²) in [5, 5.41) is 37.1. The first-order valence-corrected chi connectivity index (χ1v) is 6.33. The summed E-state index contributed by atoms with van der Waals surface area (Å²) in [6.07, 6.45) is -7.63. The Balaban J connectivity index is 2.46. The van der Waals surface area contributed by atoms with Gasteiger partial charge in [-0.3, -0.25) is 4.52 Å². The molecule has 0 aromatic rings. The summed E-state index contributed by atoms with van der Waals surface area (Å²) in [7, 11) is -4.61. The molecule has 17 heavy (non-hydrogen) atoms. The molecule has 0 amide bonds. The first kappa shape index (κ1) is 15.0. The highest BCUT2D eigenvalue weighted by molar-refractivity contribution is 7.46. The smallest absolute Gasteiger partial charge is 0.388 e. The second-order valence-corrected chi connectivity index (χ2v) is 4.89. The van der Waals surface area contributed by atoms with Crippen LogP contribution in [0, 0.1) is 0 Å². The lowest BCUT2D eigenvalue weighted by Gasteiger charge is -2.38. The van der Waals surface area contributed by atoms with Crippen molar-refractivity contribution in [1.82, 2.24) is 0 Å². The van der Waals surface area contributed by atoms with Gasteiger partial charge in [0, 0.05) is 6.42 Å². The standard InChI is InChI=1S/C7H15O9P/c8-4-3(1-2-15-17(12,13)14)16-7(11)6(10)5(4)9/h3-11H,1-2H2,(H2,12,13,14)/t3-,4-,5+,6-,7?/m1/s1. The lowest BCUT2D eigenvalue weighted by Crippen LogP contribution is -2.57. The Morgan fingerprint density at radius 2 is 1.65 bits per heavy atom. The molecule has 0 aromatic heterocycles. The maximum Gasteiger partial charge on any atom is 0.469 e. The largest absolute Gasteiger partial charge is 0.469 e. The number of ether oxygens (including phenoxy) is 1. The number of rotatable bonds is 4. The van der Waals surface area contributed by atoms with E-state index in [4.69, 9.17) is 24.7 Å². The zero-order valence-electron chi connectivity index (χ0n) is 8.66. The Kier molecular flexibility index (Phi) is 5.02. The number of aliphatic hydroxyl groups is 4. The first-order valence-electron chi connectivity index (χ1n) is 4.80. The van der Waals surface area contributed by atoms with E-state index in [0.29, 0.717) is 0 Å². The Hall–Kier alpha value is -0.0900. The van der Waals surface area contributed by atoms with Gasteiger partial charge >= 0.3 is 7.82 Å². The van der Waals surface area contributed by atoms with Crippen molar-refractivity contribution in [2.24, 2.45) is 0 Å². The van der Waals surface area contributed by atoms with Crippen molar-refractivity contribution in [2.75, 3.05) is 6.61 Å². The number of phosphoric ester groups is 1. The van der Waals surface area contributed by atoms with Crippen molar-refractivity contribution < 1.29 is 44.0 Å². The minimum Gasteiger partial charge on any atom is -0.388 e. The molecule has 10 heteroatoms. The number of phosphoric acid groups is 1. The first-order chi connectivity index (χ1) is 7.72.